The predicted molar refractivity (Wildman–Crippen MR) is 45.7 cm³/mol. The number of carboxylic acid groups (broad SMARTS) is 1. The van der Waals surface area contributed by atoms with E-state index in [-0.39, 0.29) is 5.56 Å². The molecule has 3 N–H and O–H groups in total. The van der Waals surface area contributed by atoms with E-state index in [2.05, 4.69) is 5.92 Å². The van der Waals surface area contributed by atoms with Gasteiger partial charge in [-0.1, -0.05) is 5.92 Å². The molecule has 3 nitrogen and oxygen atoms in total. The van der Waals surface area contributed by atoms with Crippen LogP contribution in [0.25, 0.3) is 0 Å². The van der Waals surface area contributed by atoms with Gasteiger partial charge in [0.1, 0.15) is 0 Å². The van der Waals surface area contributed by atoms with Crippen LogP contribution in [0.2, 0.25) is 0 Å². The van der Waals surface area contributed by atoms with E-state index in [0.717, 1.165) is 0 Å². The van der Waals surface area contributed by atoms with Crippen LogP contribution in [0.5, 0.6) is 0 Å². The third-order valence-electron chi connectivity index (χ3n) is 1.43. The smallest absolute Gasteiger partial charge is 0.336 e. The van der Waals surface area contributed by atoms with Gasteiger partial charge in [-0.25, -0.2) is 4.79 Å². The molecule has 0 heterocycles. The van der Waals surface area contributed by atoms with E-state index >= 15 is 0 Å². The van der Waals surface area contributed by atoms with E-state index in [4.69, 9.17) is 17.3 Å². The summed E-state index contributed by atoms with van der Waals surface area (Å²) < 4.78 is 0. The SMILES string of the molecule is C#Cc1cc(N)ccc1C(=O)O. The zero-order valence-electron chi connectivity index (χ0n) is 6.24. The fourth-order valence-electron chi connectivity index (χ4n) is 0.868. The summed E-state index contributed by atoms with van der Waals surface area (Å²) in [6, 6.07) is 4.36. The van der Waals surface area contributed by atoms with Crippen LogP contribution in [-0.2, 0) is 0 Å². The molecule has 0 fully saturated rings. The topological polar surface area (TPSA) is 63.3 Å². The number of aromatic carboxylic acids is 1. The van der Waals surface area contributed by atoms with Gasteiger partial charge in [0.05, 0.1) is 5.56 Å². The molecule has 0 atom stereocenters. The van der Waals surface area contributed by atoms with Gasteiger partial charge in [0.2, 0.25) is 0 Å². The molecule has 0 unspecified atom stereocenters. The molecule has 0 radical (unpaired) electrons. The minimum Gasteiger partial charge on any atom is -0.478 e. The highest BCUT2D eigenvalue weighted by Crippen LogP contribution is 2.12. The van der Waals surface area contributed by atoms with Gasteiger partial charge in [-0.2, -0.15) is 0 Å². The Labute approximate surface area is 69.8 Å². The van der Waals surface area contributed by atoms with E-state index < -0.39 is 5.97 Å². The molecular weight excluding hydrogens is 154 g/mol. The van der Waals surface area contributed by atoms with Crippen LogP contribution in [0.3, 0.4) is 0 Å². The molecular formula is C9H7NO2. The maximum atomic E-state index is 10.6. The molecule has 0 aliphatic heterocycles. The molecule has 0 aliphatic carbocycles. The standard InChI is InChI=1S/C9H7NO2/c1-2-6-5-7(10)3-4-8(6)9(11)12/h1,3-5H,10H2,(H,11,12). The van der Waals surface area contributed by atoms with Crippen molar-refractivity contribution in [3.63, 3.8) is 0 Å². The zero-order valence-corrected chi connectivity index (χ0v) is 6.24. The first-order valence-electron chi connectivity index (χ1n) is 3.24. The summed E-state index contributed by atoms with van der Waals surface area (Å²) in [4.78, 5) is 10.6. The van der Waals surface area contributed by atoms with Crippen LogP contribution in [-0.4, -0.2) is 11.1 Å². The molecule has 0 spiro atoms. The molecule has 1 rings (SSSR count). The van der Waals surface area contributed by atoms with E-state index in [0.29, 0.717) is 11.3 Å². The molecule has 0 bridgehead atoms. The lowest BCUT2D eigenvalue weighted by Crippen LogP contribution is -2.00. The van der Waals surface area contributed by atoms with Gasteiger partial charge in [-0.05, 0) is 18.2 Å². The maximum Gasteiger partial charge on any atom is 0.336 e. The molecule has 12 heavy (non-hydrogen) atoms. The average molecular weight is 161 g/mol. The molecule has 0 aromatic heterocycles. The number of rotatable bonds is 1. The summed E-state index contributed by atoms with van der Waals surface area (Å²) in [6.07, 6.45) is 5.09. The Morgan fingerprint density at radius 3 is 2.75 bits per heavy atom. The first-order valence-corrected chi connectivity index (χ1v) is 3.24. The van der Waals surface area contributed by atoms with Crippen molar-refractivity contribution < 1.29 is 9.90 Å². The second-order valence-corrected chi connectivity index (χ2v) is 2.25. The highest BCUT2D eigenvalue weighted by molar-refractivity contribution is 5.91. The molecule has 1 aromatic carbocycles. The summed E-state index contributed by atoms with van der Waals surface area (Å²) >= 11 is 0. The van der Waals surface area contributed by atoms with E-state index in [1.807, 2.05) is 0 Å². The average Bonchev–Trinajstić information content (AvgIpc) is 2.03. The number of carbonyl (C=O) groups is 1. The number of hydrogen-bond donors (Lipinski definition) is 2. The Kier molecular flexibility index (Phi) is 2.02. The van der Waals surface area contributed by atoms with Crippen LogP contribution in [0.4, 0.5) is 5.69 Å². The van der Waals surface area contributed by atoms with E-state index in [9.17, 15) is 4.79 Å². The van der Waals surface area contributed by atoms with Crippen molar-refractivity contribution in [2.75, 3.05) is 5.73 Å². The lowest BCUT2D eigenvalue weighted by atomic mass is 10.1. The fourth-order valence-corrected chi connectivity index (χ4v) is 0.868. The summed E-state index contributed by atoms with van der Waals surface area (Å²) in [6.45, 7) is 0. The van der Waals surface area contributed by atoms with Crippen molar-refractivity contribution >= 4 is 11.7 Å². The molecule has 60 valence electrons. The lowest BCUT2D eigenvalue weighted by molar-refractivity contribution is 0.0696. The van der Waals surface area contributed by atoms with Crippen molar-refractivity contribution in [3.05, 3.63) is 29.3 Å². The number of hydrogen-bond acceptors (Lipinski definition) is 2. The van der Waals surface area contributed by atoms with Crippen molar-refractivity contribution in [2.24, 2.45) is 0 Å². The molecule has 3 heteroatoms. The highest BCUT2D eigenvalue weighted by Gasteiger charge is 2.07. The second-order valence-electron chi connectivity index (χ2n) is 2.25. The third-order valence-corrected chi connectivity index (χ3v) is 1.43. The Hall–Kier alpha value is -1.95. The van der Waals surface area contributed by atoms with Gasteiger partial charge in [-0.15, -0.1) is 6.42 Å². The van der Waals surface area contributed by atoms with Gasteiger partial charge in [0.15, 0.2) is 0 Å². The first-order chi connectivity index (χ1) is 5.65. The quantitative estimate of drug-likeness (QED) is 0.476. The fraction of sp³-hybridized carbons (Fsp3) is 0. The molecule has 1 aromatic rings. The Morgan fingerprint density at radius 2 is 2.25 bits per heavy atom. The van der Waals surface area contributed by atoms with Gasteiger partial charge >= 0.3 is 5.97 Å². The van der Waals surface area contributed by atoms with Gasteiger partial charge < -0.3 is 10.8 Å². The molecule has 0 amide bonds. The minimum atomic E-state index is -1.04. The van der Waals surface area contributed by atoms with Crippen LogP contribution in [0.1, 0.15) is 15.9 Å². The van der Waals surface area contributed by atoms with Crippen molar-refractivity contribution in [3.8, 4) is 12.3 Å². The minimum absolute atomic E-state index is 0.103. The largest absolute Gasteiger partial charge is 0.478 e. The molecule has 0 saturated heterocycles. The van der Waals surface area contributed by atoms with Crippen molar-refractivity contribution in [1.29, 1.82) is 0 Å². The van der Waals surface area contributed by atoms with Gasteiger partial charge in [0.25, 0.3) is 0 Å². The van der Waals surface area contributed by atoms with Crippen molar-refractivity contribution in [2.45, 2.75) is 0 Å². The summed E-state index contributed by atoms with van der Waals surface area (Å²) in [5.41, 5.74) is 6.29. The monoisotopic (exact) mass is 161 g/mol. The van der Waals surface area contributed by atoms with Crippen LogP contribution >= 0.6 is 0 Å². The highest BCUT2D eigenvalue weighted by atomic mass is 16.4. The Balaban J connectivity index is 3.32. The molecule has 0 saturated carbocycles. The third kappa shape index (κ3) is 1.38. The number of anilines is 1. The Bertz CT molecular complexity index is 363. The van der Waals surface area contributed by atoms with Crippen LogP contribution < -0.4 is 5.73 Å². The van der Waals surface area contributed by atoms with E-state index in [1.165, 1.54) is 18.2 Å². The zero-order chi connectivity index (χ0) is 9.14. The van der Waals surface area contributed by atoms with Gasteiger partial charge in [0, 0.05) is 11.3 Å². The maximum absolute atomic E-state index is 10.6. The van der Waals surface area contributed by atoms with E-state index in [1.54, 1.807) is 0 Å². The first kappa shape index (κ1) is 8.15. The molecule has 0 aliphatic rings. The number of nitrogen functional groups attached to an aromatic ring is 1. The number of carboxylic acids is 1. The number of benzene rings is 1. The predicted octanol–water partition coefficient (Wildman–Crippen LogP) is 0.948. The van der Waals surface area contributed by atoms with Crippen LogP contribution in [0, 0.1) is 12.3 Å². The lowest BCUT2D eigenvalue weighted by Gasteiger charge is -1.99. The Morgan fingerprint density at radius 1 is 1.58 bits per heavy atom. The summed E-state index contributed by atoms with van der Waals surface area (Å²) in [7, 11) is 0. The summed E-state index contributed by atoms with van der Waals surface area (Å²) in [5, 5.41) is 8.65. The number of nitrogens with two attached hydrogens (primary N) is 1. The van der Waals surface area contributed by atoms with Crippen LogP contribution in [0.15, 0.2) is 18.2 Å². The number of terminal acetylenes is 1. The second kappa shape index (κ2) is 2.97. The normalized spacial score (nSPS) is 8.92. The summed E-state index contributed by atoms with van der Waals surface area (Å²) in [5.74, 6) is 1.22. The van der Waals surface area contributed by atoms with Gasteiger partial charge in [-0.3, -0.25) is 0 Å². The van der Waals surface area contributed by atoms with Crippen molar-refractivity contribution in [1.82, 2.24) is 0 Å².